The molecule has 2 rings (SSSR count). The van der Waals surface area contributed by atoms with Crippen molar-refractivity contribution in [2.45, 2.75) is 26.7 Å². The van der Waals surface area contributed by atoms with E-state index in [-0.39, 0.29) is 18.5 Å². The van der Waals surface area contributed by atoms with Crippen molar-refractivity contribution in [2.24, 2.45) is 5.92 Å². The van der Waals surface area contributed by atoms with E-state index in [0.717, 1.165) is 18.4 Å². The largest absolute Gasteiger partial charge is 0.455 e. The molecule has 0 saturated heterocycles. The third kappa shape index (κ3) is 5.04. The lowest BCUT2D eigenvalue weighted by Gasteiger charge is -2.09. The standard InChI is InChI=1S/C17H19ClN2O3S/c1-3-6-11(2)16(22)23-9-15(21)20-17-19-14(10-24-17)12-7-4-5-8-13(12)18/h4-5,7-8,10-11H,3,6,9H2,1-2H3,(H,19,20,21). The highest BCUT2D eigenvalue weighted by molar-refractivity contribution is 7.14. The lowest BCUT2D eigenvalue weighted by atomic mass is 10.1. The third-order valence-electron chi connectivity index (χ3n) is 3.37. The first-order chi connectivity index (χ1) is 11.5. The Morgan fingerprint density at radius 2 is 2.12 bits per heavy atom. The second-order valence-electron chi connectivity index (χ2n) is 5.36. The van der Waals surface area contributed by atoms with E-state index in [4.69, 9.17) is 16.3 Å². The summed E-state index contributed by atoms with van der Waals surface area (Å²) in [5, 5.41) is 5.47. The van der Waals surface area contributed by atoms with Crippen LogP contribution in [-0.2, 0) is 14.3 Å². The molecular weight excluding hydrogens is 348 g/mol. The van der Waals surface area contributed by atoms with Crippen LogP contribution in [-0.4, -0.2) is 23.5 Å². The van der Waals surface area contributed by atoms with Crippen molar-refractivity contribution in [3.63, 3.8) is 0 Å². The number of thiazole rings is 1. The maximum Gasteiger partial charge on any atom is 0.309 e. The van der Waals surface area contributed by atoms with Crippen LogP contribution in [0.25, 0.3) is 11.3 Å². The Morgan fingerprint density at radius 3 is 2.83 bits per heavy atom. The second kappa shape index (κ2) is 8.80. The van der Waals surface area contributed by atoms with Crippen LogP contribution < -0.4 is 5.32 Å². The van der Waals surface area contributed by atoms with Crippen molar-refractivity contribution in [1.29, 1.82) is 0 Å². The van der Waals surface area contributed by atoms with Gasteiger partial charge < -0.3 is 4.74 Å². The molecular formula is C17H19ClN2O3S. The van der Waals surface area contributed by atoms with E-state index in [0.29, 0.717) is 15.8 Å². The first kappa shape index (κ1) is 18.4. The van der Waals surface area contributed by atoms with Crippen LogP contribution >= 0.6 is 22.9 Å². The number of carbonyl (C=O) groups is 2. The fourth-order valence-electron chi connectivity index (χ4n) is 2.11. The van der Waals surface area contributed by atoms with E-state index in [1.807, 2.05) is 30.5 Å². The van der Waals surface area contributed by atoms with Gasteiger partial charge in [0.25, 0.3) is 5.91 Å². The number of aromatic nitrogens is 1. The number of halogens is 1. The van der Waals surface area contributed by atoms with Gasteiger partial charge in [-0.1, -0.05) is 50.1 Å². The van der Waals surface area contributed by atoms with E-state index < -0.39 is 5.91 Å². The van der Waals surface area contributed by atoms with Gasteiger partial charge in [0.05, 0.1) is 11.6 Å². The van der Waals surface area contributed by atoms with Gasteiger partial charge in [-0.05, 0) is 12.5 Å². The zero-order valence-electron chi connectivity index (χ0n) is 13.5. The van der Waals surface area contributed by atoms with Gasteiger partial charge in [0.1, 0.15) is 0 Å². The molecule has 0 spiro atoms. The number of carbonyl (C=O) groups excluding carboxylic acids is 2. The van der Waals surface area contributed by atoms with Gasteiger partial charge >= 0.3 is 5.97 Å². The highest BCUT2D eigenvalue weighted by atomic mass is 35.5. The van der Waals surface area contributed by atoms with E-state index in [1.54, 1.807) is 13.0 Å². The Balaban J connectivity index is 1.89. The number of esters is 1. The summed E-state index contributed by atoms with van der Waals surface area (Å²) in [4.78, 5) is 27.9. The Kier molecular flexibility index (Phi) is 6.75. The van der Waals surface area contributed by atoms with Gasteiger partial charge in [0, 0.05) is 16.0 Å². The molecule has 0 fully saturated rings. The fraction of sp³-hybridized carbons (Fsp3) is 0.353. The molecule has 0 aliphatic heterocycles. The molecule has 2 aromatic rings. The summed E-state index contributed by atoms with van der Waals surface area (Å²) >= 11 is 7.42. The molecule has 5 nitrogen and oxygen atoms in total. The smallest absolute Gasteiger partial charge is 0.309 e. The van der Waals surface area contributed by atoms with Crippen LogP contribution in [0.1, 0.15) is 26.7 Å². The average Bonchev–Trinajstić information content (AvgIpc) is 3.01. The number of ether oxygens (including phenoxy) is 1. The summed E-state index contributed by atoms with van der Waals surface area (Å²) in [7, 11) is 0. The molecule has 0 aliphatic rings. The van der Waals surface area contributed by atoms with Crippen molar-refractivity contribution in [1.82, 2.24) is 4.98 Å². The molecule has 1 N–H and O–H groups in total. The summed E-state index contributed by atoms with van der Waals surface area (Å²) < 4.78 is 5.01. The summed E-state index contributed by atoms with van der Waals surface area (Å²) in [6.45, 7) is 3.48. The second-order valence-corrected chi connectivity index (χ2v) is 6.63. The summed E-state index contributed by atoms with van der Waals surface area (Å²) in [6, 6.07) is 7.36. The zero-order valence-corrected chi connectivity index (χ0v) is 15.1. The number of anilines is 1. The minimum atomic E-state index is -0.410. The molecule has 1 amide bonds. The predicted octanol–water partition coefficient (Wildman–Crippen LogP) is 4.38. The van der Waals surface area contributed by atoms with Crippen LogP contribution in [0.5, 0.6) is 0 Å². The SMILES string of the molecule is CCCC(C)C(=O)OCC(=O)Nc1nc(-c2ccccc2Cl)cs1. The van der Waals surface area contributed by atoms with Crippen molar-refractivity contribution in [3.05, 3.63) is 34.7 Å². The van der Waals surface area contributed by atoms with Gasteiger partial charge in [0.15, 0.2) is 11.7 Å². The fourth-order valence-corrected chi connectivity index (χ4v) is 3.07. The van der Waals surface area contributed by atoms with Crippen LogP contribution in [0.2, 0.25) is 5.02 Å². The maximum atomic E-state index is 11.9. The number of nitrogens with zero attached hydrogens (tertiary/aromatic N) is 1. The molecule has 24 heavy (non-hydrogen) atoms. The molecule has 128 valence electrons. The van der Waals surface area contributed by atoms with Crippen LogP contribution in [0.3, 0.4) is 0 Å². The Morgan fingerprint density at radius 1 is 1.38 bits per heavy atom. The molecule has 7 heteroatoms. The molecule has 1 heterocycles. The van der Waals surface area contributed by atoms with Crippen molar-refractivity contribution in [3.8, 4) is 11.3 Å². The lowest BCUT2D eigenvalue weighted by molar-refractivity contribution is -0.151. The van der Waals surface area contributed by atoms with E-state index in [1.165, 1.54) is 11.3 Å². The molecule has 1 aromatic heterocycles. The number of rotatable bonds is 7. The van der Waals surface area contributed by atoms with Crippen LogP contribution in [0.15, 0.2) is 29.6 Å². The van der Waals surface area contributed by atoms with E-state index >= 15 is 0 Å². The first-order valence-electron chi connectivity index (χ1n) is 7.68. The van der Waals surface area contributed by atoms with E-state index in [2.05, 4.69) is 10.3 Å². The normalized spacial score (nSPS) is 11.8. The first-order valence-corrected chi connectivity index (χ1v) is 8.94. The Bertz CT molecular complexity index is 717. The quantitative estimate of drug-likeness (QED) is 0.738. The van der Waals surface area contributed by atoms with Crippen LogP contribution in [0.4, 0.5) is 5.13 Å². The van der Waals surface area contributed by atoms with Crippen molar-refractivity contribution < 1.29 is 14.3 Å². The van der Waals surface area contributed by atoms with Gasteiger partial charge in [-0.25, -0.2) is 4.98 Å². The summed E-state index contributed by atoms with van der Waals surface area (Å²) in [6.07, 6.45) is 1.64. The van der Waals surface area contributed by atoms with Crippen molar-refractivity contribution in [2.75, 3.05) is 11.9 Å². The number of hydrogen-bond acceptors (Lipinski definition) is 5. The Labute approximate surface area is 150 Å². The molecule has 1 unspecified atom stereocenters. The highest BCUT2D eigenvalue weighted by Gasteiger charge is 2.16. The predicted molar refractivity (Wildman–Crippen MR) is 96.2 cm³/mol. The topological polar surface area (TPSA) is 68.3 Å². The summed E-state index contributed by atoms with van der Waals surface area (Å²) in [5.74, 6) is -0.968. The Hall–Kier alpha value is -1.92. The number of hydrogen-bond donors (Lipinski definition) is 1. The number of nitrogens with one attached hydrogen (secondary N) is 1. The minimum absolute atomic E-state index is 0.200. The lowest BCUT2D eigenvalue weighted by Crippen LogP contribution is -2.23. The van der Waals surface area contributed by atoms with Gasteiger partial charge in [0.2, 0.25) is 0 Å². The highest BCUT2D eigenvalue weighted by Crippen LogP contribution is 2.30. The maximum absolute atomic E-state index is 11.9. The molecule has 0 bridgehead atoms. The molecule has 0 radical (unpaired) electrons. The van der Waals surface area contributed by atoms with Gasteiger partial charge in [-0.3, -0.25) is 14.9 Å². The zero-order chi connectivity index (χ0) is 17.5. The monoisotopic (exact) mass is 366 g/mol. The molecule has 0 aliphatic carbocycles. The molecule has 1 atom stereocenters. The minimum Gasteiger partial charge on any atom is -0.455 e. The molecule has 1 aromatic carbocycles. The molecule has 0 saturated carbocycles. The van der Waals surface area contributed by atoms with Crippen LogP contribution in [0, 0.1) is 5.92 Å². The van der Waals surface area contributed by atoms with E-state index in [9.17, 15) is 9.59 Å². The number of benzene rings is 1. The van der Waals surface area contributed by atoms with Crippen molar-refractivity contribution >= 4 is 39.9 Å². The van der Waals surface area contributed by atoms with Gasteiger partial charge in [-0.2, -0.15) is 0 Å². The van der Waals surface area contributed by atoms with Gasteiger partial charge in [-0.15, -0.1) is 11.3 Å². The third-order valence-corrected chi connectivity index (χ3v) is 4.46. The summed E-state index contributed by atoms with van der Waals surface area (Å²) in [5.41, 5.74) is 1.49. The number of amides is 1. The average molecular weight is 367 g/mol.